The van der Waals surface area contributed by atoms with Crippen molar-refractivity contribution < 1.29 is 23.1 Å². The van der Waals surface area contributed by atoms with Gasteiger partial charge in [-0.3, -0.25) is 0 Å². The van der Waals surface area contributed by atoms with Crippen molar-refractivity contribution in [3.8, 4) is 11.1 Å². The lowest BCUT2D eigenvalue weighted by molar-refractivity contribution is -0.173. The zero-order chi connectivity index (χ0) is 27.8. The van der Waals surface area contributed by atoms with Gasteiger partial charge in [-0.2, -0.15) is 0 Å². The lowest BCUT2D eigenvalue weighted by Gasteiger charge is -2.50. The maximum absolute atomic E-state index is 14.7. The monoisotopic (exact) mass is 541 g/mol. The van der Waals surface area contributed by atoms with Gasteiger partial charge in [0.15, 0.2) is 0 Å². The van der Waals surface area contributed by atoms with Crippen LogP contribution in [0.3, 0.4) is 0 Å². The van der Waals surface area contributed by atoms with Crippen LogP contribution < -0.4 is 0 Å². The molecule has 0 N–H and O–H groups in total. The van der Waals surface area contributed by atoms with Gasteiger partial charge in [0.05, 0.1) is 18.2 Å². The van der Waals surface area contributed by atoms with Gasteiger partial charge in [-0.1, -0.05) is 90.1 Å². The summed E-state index contributed by atoms with van der Waals surface area (Å²) in [6.07, 6.45) is -2.73. The maximum atomic E-state index is 14.7. The molecule has 208 valence electrons. The number of hydrogen-bond donors (Lipinski definition) is 0. The number of nitrogens with zero attached hydrogens (tertiary/aromatic N) is 1. The van der Waals surface area contributed by atoms with Crippen molar-refractivity contribution in [1.29, 1.82) is 0 Å². The average Bonchev–Trinajstić information content (AvgIpc) is 3.18. The molecular formula is C31H44FNO4Si. The van der Waals surface area contributed by atoms with E-state index in [-0.39, 0.29) is 18.9 Å². The topological polar surface area (TPSA) is 48.0 Å². The van der Waals surface area contributed by atoms with E-state index < -0.39 is 39.0 Å². The minimum atomic E-state index is -2.32. The zero-order valence-corrected chi connectivity index (χ0v) is 25.1. The SMILES string of the molecule is CC(C)[Si](O[C@H]1CC(F)O[C@H](C)[C@H]1N(C)C(=O)OCC1c2ccccc2-c2ccccc21)(C(C)C)C(C)C. The number of likely N-dealkylation sites (N-methyl/N-ethyl adjacent to an activating group) is 1. The van der Waals surface area contributed by atoms with Crippen molar-refractivity contribution >= 4 is 14.4 Å². The highest BCUT2D eigenvalue weighted by molar-refractivity contribution is 6.77. The standard InChI is InChI=1S/C31H44FNO4Si/c1-19(2)38(20(3)4,21(5)6)37-28-17-29(32)36-22(7)30(28)33(8)31(34)35-18-27-25-15-11-9-13-23(25)24-14-10-12-16-26(24)27/h9-16,19-22,27-30H,17-18H2,1-8H3/t22-,28+,29?,30-/m1/s1. The summed E-state index contributed by atoms with van der Waals surface area (Å²) in [5, 5.41) is 0. The molecule has 0 radical (unpaired) electrons. The maximum Gasteiger partial charge on any atom is 0.409 e. The Labute approximate surface area is 228 Å². The van der Waals surface area contributed by atoms with Crippen LogP contribution in [0.25, 0.3) is 11.1 Å². The van der Waals surface area contributed by atoms with E-state index in [0.29, 0.717) is 16.6 Å². The molecule has 5 nitrogen and oxygen atoms in total. The predicted octanol–water partition coefficient (Wildman–Crippen LogP) is 7.90. The van der Waals surface area contributed by atoms with Gasteiger partial charge in [0.1, 0.15) is 6.61 Å². The molecule has 1 unspecified atom stereocenters. The van der Waals surface area contributed by atoms with Crippen molar-refractivity contribution in [3.05, 3.63) is 59.7 Å². The Hall–Kier alpha value is -2.22. The van der Waals surface area contributed by atoms with Crippen molar-refractivity contribution in [2.24, 2.45) is 0 Å². The third-order valence-electron chi connectivity index (χ3n) is 8.78. The molecule has 2 aromatic rings. The molecule has 0 bridgehead atoms. The summed E-state index contributed by atoms with van der Waals surface area (Å²) >= 11 is 0. The van der Waals surface area contributed by atoms with E-state index in [0.717, 1.165) is 0 Å². The highest BCUT2D eigenvalue weighted by Gasteiger charge is 2.51. The van der Waals surface area contributed by atoms with Crippen LogP contribution in [0.15, 0.2) is 48.5 Å². The van der Waals surface area contributed by atoms with Gasteiger partial charge >= 0.3 is 6.09 Å². The summed E-state index contributed by atoms with van der Waals surface area (Å²) in [5.41, 5.74) is 5.75. The number of hydrogen-bond acceptors (Lipinski definition) is 4. The molecule has 4 atom stereocenters. The second kappa shape index (κ2) is 11.5. The van der Waals surface area contributed by atoms with Crippen LogP contribution >= 0.6 is 0 Å². The fraction of sp³-hybridized carbons (Fsp3) is 0.581. The third-order valence-corrected chi connectivity index (χ3v) is 14.9. The summed E-state index contributed by atoms with van der Waals surface area (Å²) < 4.78 is 33.3. The Bertz CT molecular complexity index is 1060. The molecule has 4 rings (SSSR count). The second-order valence-corrected chi connectivity index (χ2v) is 17.3. The molecule has 1 fully saturated rings. The van der Waals surface area contributed by atoms with E-state index in [1.165, 1.54) is 22.3 Å². The molecule has 1 heterocycles. The smallest absolute Gasteiger partial charge is 0.409 e. The minimum Gasteiger partial charge on any atom is -0.448 e. The number of benzene rings is 2. The molecule has 1 saturated heterocycles. The number of halogens is 1. The molecule has 1 amide bonds. The largest absolute Gasteiger partial charge is 0.448 e. The predicted molar refractivity (Wildman–Crippen MR) is 153 cm³/mol. The molecule has 2 aliphatic rings. The first kappa shape index (κ1) is 28.8. The van der Waals surface area contributed by atoms with Crippen LogP contribution in [0.4, 0.5) is 9.18 Å². The molecule has 1 aliphatic carbocycles. The van der Waals surface area contributed by atoms with E-state index in [4.69, 9.17) is 13.9 Å². The van der Waals surface area contributed by atoms with Crippen LogP contribution in [0.1, 0.15) is 71.9 Å². The van der Waals surface area contributed by atoms with Gasteiger partial charge in [0.2, 0.25) is 14.7 Å². The molecule has 38 heavy (non-hydrogen) atoms. The second-order valence-electron chi connectivity index (χ2n) is 11.9. The Kier molecular flexibility index (Phi) is 8.70. The molecule has 1 aliphatic heterocycles. The number of amides is 1. The van der Waals surface area contributed by atoms with Crippen LogP contribution in [0.2, 0.25) is 16.6 Å². The normalized spacial score (nSPS) is 23.6. The quantitative estimate of drug-likeness (QED) is 0.319. The van der Waals surface area contributed by atoms with Crippen molar-refractivity contribution in [3.63, 3.8) is 0 Å². The van der Waals surface area contributed by atoms with Gasteiger partial charge in [-0.15, -0.1) is 0 Å². The number of carbonyl (C=O) groups is 1. The van der Waals surface area contributed by atoms with Crippen molar-refractivity contribution in [1.82, 2.24) is 4.90 Å². The fourth-order valence-electron chi connectivity index (χ4n) is 7.16. The zero-order valence-electron chi connectivity index (χ0n) is 24.1. The Balaban J connectivity index is 1.54. The van der Waals surface area contributed by atoms with Crippen LogP contribution in [-0.2, 0) is 13.9 Å². The molecule has 0 saturated carbocycles. The summed E-state index contributed by atoms with van der Waals surface area (Å²) in [4.78, 5) is 15.1. The molecule has 2 aromatic carbocycles. The highest BCUT2D eigenvalue weighted by Crippen LogP contribution is 2.46. The molecule has 7 heteroatoms. The summed E-state index contributed by atoms with van der Waals surface area (Å²) in [6.45, 7) is 15.3. The Morgan fingerprint density at radius 1 is 0.974 bits per heavy atom. The number of ether oxygens (including phenoxy) is 2. The first-order valence-electron chi connectivity index (χ1n) is 14.0. The van der Waals surface area contributed by atoms with E-state index in [1.54, 1.807) is 11.9 Å². The number of fused-ring (bicyclic) bond motifs is 3. The fourth-order valence-corrected chi connectivity index (χ4v) is 12.7. The average molecular weight is 542 g/mol. The van der Waals surface area contributed by atoms with E-state index >= 15 is 0 Å². The number of carbonyl (C=O) groups excluding carboxylic acids is 1. The van der Waals surface area contributed by atoms with Crippen molar-refractivity contribution in [2.45, 2.75) is 102 Å². The van der Waals surface area contributed by atoms with Gasteiger partial charge < -0.3 is 18.8 Å². The summed E-state index contributed by atoms with van der Waals surface area (Å²) in [7, 11) is -0.593. The molecule has 0 spiro atoms. The van der Waals surface area contributed by atoms with Crippen LogP contribution in [0.5, 0.6) is 0 Å². The molecular weight excluding hydrogens is 497 g/mol. The first-order valence-corrected chi connectivity index (χ1v) is 16.2. The molecule has 0 aromatic heterocycles. The highest BCUT2D eigenvalue weighted by atomic mass is 28.4. The van der Waals surface area contributed by atoms with Crippen molar-refractivity contribution in [2.75, 3.05) is 13.7 Å². The van der Waals surface area contributed by atoms with E-state index in [2.05, 4.69) is 65.8 Å². The summed E-state index contributed by atoms with van der Waals surface area (Å²) in [5.74, 6) is -0.0232. The van der Waals surface area contributed by atoms with Gasteiger partial charge in [-0.25, -0.2) is 9.18 Å². The van der Waals surface area contributed by atoms with Crippen LogP contribution in [0, 0.1) is 0 Å². The number of alkyl halides is 1. The van der Waals surface area contributed by atoms with Gasteiger partial charge in [0, 0.05) is 19.4 Å². The van der Waals surface area contributed by atoms with Crippen LogP contribution in [-0.4, -0.2) is 57.6 Å². The Morgan fingerprint density at radius 2 is 1.47 bits per heavy atom. The lowest BCUT2D eigenvalue weighted by atomic mass is 9.98. The summed E-state index contributed by atoms with van der Waals surface area (Å²) in [6, 6.07) is 16.1. The number of rotatable bonds is 8. The van der Waals surface area contributed by atoms with E-state index in [1.807, 2.05) is 31.2 Å². The lowest BCUT2D eigenvalue weighted by Crippen LogP contribution is -2.61. The first-order chi connectivity index (χ1) is 18.0. The third kappa shape index (κ3) is 5.17. The van der Waals surface area contributed by atoms with Gasteiger partial charge in [0.25, 0.3) is 0 Å². The minimum absolute atomic E-state index is 0.0232. The van der Waals surface area contributed by atoms with E-state index in [9.17, 15) is 9.18 Å². The Morgan fingerprint density at radius 3 is 1.97 bits per heavy atom. The van der Waals surface area contributed by atoms with Gasteiger partial charge in [-0.05, 0) is 45.8 Å².